The Morgan fingerprint density at radius 1 is 0.818 bits per heavy atom. The molecule has 0 aromatic heterocycles. The van der Waals surface area contributed by atoms with Crippen molar-refractivity contribution in [3.63, 3.8) is 0 Å². The molecule has 0 spiro atoms. The third kappa shape index (κ3) is 5.89. The molecule has 0 amide bonds. The van der Waals surface area contributed by atoms with Gasteiger partial charge >= 0.3 is 5.97 Å². The van der Waals surface area contributed by atoms with Gasteiger partial charge < -0.3 is 14.2 Å². The number of benzene rings is 3. The molecular weight excluding hydrogens is 416 g/mol. The normalized spacial score (nSPS) is 11.3. The summed E-state index contributed by atoms with van der Waals surface area (Å²) in [7, 11) is 3.05. The fraction of sp³-hybridized carbons (Fsp3) is 0.214. The summed E-state index contributed by atoms with van der Waals surface area (Å²) in [5.74, 6) is 0.684. The molecule has 5 nitrogen and oxygen atoms in total. The van der Waals surface area contributed by atoms with Gasteiger partial charge in [0, 0.05) is 11.6 Å². The van der Waals surface area contributed by atoms with E-state index in [-0.39, 0.29) is 11.2 Å². The molecule has 0 saturated carbocycles. The fourth-order valence-electron chi connectivity index (χ4n) is 3.23. The van der Waals surface area contributed by atoms with E-state index in [9.17, 15) is 9.59 Å². The highest BCUT2D eigenvalue weighted by Gasteiger charge is 2.16. The number of para-hydroxylation sites is 1. The Bertz CT molecular complexity index is 1170. The number of ketones is 1. The first kappa shape index (κ1) is 23.8. The number of rotatable bonds is 7. The highest BCUT2D eigenvalue weighted by Crippen LogP contribution is 2.27. The zero-order chi connectivity index (χ0) is 24.0. The van der Waals surface area contributed by atoms with Gasteiger partial charge in [-0.1, -0.05) is 51.1 Å². The minimum atomic E-state index is -0.459. The number of methoxy groups -OCH3 is 2. The Kier molecular flexibility index (Phi) is 7.34. The van der Waals surface area contributed by atoms with Gasteiger partial charge in [0.2, 0.25) is 0 Å². The maximum Gasteiger partial charge on any atom is 0.343 e. The molecule has 170 valence electrons. The predicted octanol–water partition coefficient (Wildman–Crippen LogP) is 6.12. The van der Waals surface area contributed by atoms with Crippen molar-refractivity contribution in [1.29, 1.82) is 0 Å². The summed E-state index contributed by atoms with van der Waals surface area (Å²) in [6.07, 6.45) is 3.05. The number of esters is 1. The van der Waals surface area contributed by atoms with Crippen LogP contribution in [0.2, 0.25) is 0 Å². The molecule has 3 aromatic rings. The van der Waals surface area contributed by atoms with Crippen LogP contribution in [0, 0.1) is 0 Å². The van der Waals surface area contributed by atoms with Crippen molar-refractivity contribution in [2.75, 3.05) is 14.2 Å². The lowest BCUT2D eigenvalue weighted by Gasteiger charge is -2.19. The van der Waals surface area contributed by atoms with Gasteiger partial charge in [0.05, 0.1) is 25.3 Å². The molecule has 3 rings (SSSR count). The molecule has 0 atom stereocenters. The van der Waals surface area contributed by atoms with Crippen molar-refractivity contribution in [1.82, 2.24) is 0 Å². The Balaban J connectivity index is 1.79. The van der Waals surface area contributed by atoms with E-state index in [1.54, 1.807) is 61.7 Å². The number of carbonyl (C=O) groups is 2. The standard InChI is InChI=1S/C28H28O5/c1-28(2,3)21-13-10-20(11-14-21)27(30)33-25-9-7-6-8-19(25)12-17-24(29)23-16-15-22(31-4)18-26(23)32-5/h6-18H,1-5H3. The number of allylic oxidation sites excluding steroid dienone is 1. The maximum atomic E-state index is 12.7. The van der Waals surface area contributed by atoms with Crippen LogP contribution >= 0.6 is 0 Å². The van der Waals surface area contributed by atoms with Crippen molar-refractivity contribution in [2.24, 2.45) is 0 Å². The van der Waals surface area contributed by atoms with Gasteiger partial charge in [0.1, 0.15) is 17.2 Å². The summed E-state index contributed by atoms with van der Waals surface area (Å²) >= 11 is 0. The van der Waals surface area contributed by atoms with Crippen LogP contribution in [0.5, 0.6) is 17.2 Å². The van der Waals surface area contributed by atoms with Crippen LogP contribution in [0.4, 0.5) is 0 Å². The fourth-order valence-corrected chi connectivity index (χ4v) is 3.23. The number of carbonyl (C=O) groups excluding carboxylic acids is 2. The molecule has 0 aliphatic heterocycles. The van der Waals surface area contributed by atoms with E-state index >= 15 is 0 Å². The molecule has 5 heteroatoms. The molecule has 0 fully saturated rings. The van der Waals surface area contributed by atoms with E-state index in [4.69, 9.17) is 14.2 Å². The summed E-state index contributed by atoms with van der Waals surface area (Å²) in [4.78, 5) is 25.4. The van der Waals surface area contributed by atoms with Gasteiger partial charge in [-0.05, 0) is 53.5 Å². The molecule has 0 aliphatic rings. The summed E-state index contributed by atoms with van der Waals surface area (Å²) < 4.78 is 16.1. The molecule has 0 heterocycles. The van der Waals surface area contributed by atoms with Gasteiger partial charge in [0.15, 0.2) is 5.78 Å². The van der Waals surface area contributed by atoms with Gasteiger partial charge in [-0.25, -0.2) is 4.79 Å². The van der Waals surface area contributed by atoms with Crippen LogP contribution in [-0.4, -0.2) is 26.0 Å². The summed E-state index contributed by atoms with van der Waals surface area (Å²) in [5.41, 5.74) is 2.61. The molecule has 0 bridgehead atoms. The summed E-state index contributed by atoms with van der Waals surface area (Å²) in [6, 6.07) is 19.5. The molecule has 33 heavy (non-hydrogen) atoms. The average molecular weight is 445 g/mol. The lowest BCUT2D eigenvalue weighted by atomic mass is 9.87. The zero-order valence-corrected chi connectivity index (χ0v) is 19.5. The van der Waals surface area contributed by atoms with Crippen LogP contribution in [0.25, 0.3) is 6.08 Å². The van der Waals surface area contributed by atoms with Crippen LogP contribution in [0.15, 0.2) is 72.8 Å². The topological polar surface area (TPSA) is 61.8 Å². The second-order valence-corrected chi connectivity index (χ2v) is 8.52. The Morgan fingerprint density at radius 3 is 2.15 bits per heavy atom. The van der Waals surface area contributed by atoms with Crippen LogP contribution in [-0.2, 0) is 5.41 Å². The van der Waals surface area contributed by atoms with Crippen molar-refractivity contribution >= 4 is 17.8 Å². The monoisotopic (exact) mass is 444 g/mol. The quantitative estimate of drug-likeness (QED) is 0.190. The smallest absolute Gasteiger partial charge is 0.343 e. The van der Waals surface area contributed by atoms with Crippen LogP contribution in [0.1, 0.15) is 52.6 Å². The van der Waals surface area contributed by atoms with Gasteiger partial charge in [-0.15, -0.1) is 0 Å². The molecule has 0 radical (unpaired) electrons. The van der Waals surface area contributed by atoms with Gasteiger partial charge in [-0.3, -0.25) is 4.79 Å². The van der Waals surface area contributed by atoms with Gasteiger partial charge in [0.25, 0.3) is 0 Å². The zero-order valence-electron chi connectivity index (χ0n) is 19.5. The molecule has 0 saturated heterocycles. The van der Waals surface area contributed by atoms with Crippen molar-refractivity contribution < 1.29 is 23.8 Å². The van der Waals surface area contributed by atoms with E-state index in [0.717, 1.165) is 5.56 Å². The second kappa shape index (κ2) is 10.2. The molecular formula is C28H28O5. The molecule has 0 aliphatic carbocycles. The number of hydrogen-bond donors (Lipinski definition) is 0. The van der Waals surface area contributed by atoms with Crippen molar-refractivity contribution in [2.45, 2.75) is 26.2 Å². The highest BCUT2D eigenvalue weighted by molar-refractivity contribution is 6.09. The van der Waals surface area contributed by atoms with E-state index in [2.05, 4.69) is 20.8 Å². The second-order valence-electron chi connectivity index (χ2n) is 8.52. The van der Waals surface area contributed by atoms with E-state index < -0.39 is 5.97 Å². The molecule has 3 aromatic carbocycles. The SMILES string of the molecule is COc1ccc(C(=O)C=Cc2ccccc2OC(=O)c2ccc(C(C)(C)C)cc2)c(OC)c1. The lowest BCUT2D eigenvalue weighted by Crippen LogP contribution is -2.13. The summed E-state index contributed by atoms with van der Waals surface area (Å²) in [6.45, 7) is 6.35. The first-order valence-corrected chi connectivity index (χ1v) is 10.6. The van der Waals surface area contributed by atoms with Crippen molar-refractivity contribution in [3.8, 4) is 17.2 Å². The highest BCUT2D eigenvalue weighted by atomic mass is 16.5. The molecule has 0 unspecified atom stereocenters. The third-order valence-corrected chi connectivity index (χ3v) is 5.20. The Labute approximate surface area is 194 Å². The van der Waals surface area contributed by atoms with E-state index in [1.807, 2.05) is 18.2 Å². The predicted molar refractivity (Wildman–Crippen MR) is 129 cm³/mol. The average Bonchev–Trinajstić information content (AvgIpc) is 2.82. The number of ether oxygens (including phenoxy) is 3. The Morgan fingerprint density at radius 2 is 1.52 bits per heavy atom. The molecule has 0 N–H and O–H groups in total. The first-order chi connectivity index (χ1) is 15.7. The third-order valence-electron chi connectivity index (χ3n) is 5.20. The maximum absolute atomic E-state index is 12.7. The van der Waals surface area contributed by atoms with Crippen LogP contribution in [0.3, 0.4) is 0 Å². The number of hydrogen-bond acceptors (Lipinski definition) is 5. The Hall–Kier alpha value is -3.86. The van der Waals surface area contributed by atoms with Crippen molar-refractivity contribution in [3.05, 3.63) is 95.1 Å². The van der Waals surface area contributed by atoms with Crippen LogP contribution < -0.4 is 14.2 Å². The minimum absolute atomic E-state index is 0.00106. The largest absolute Gasteiger partial charge is 0.497 e. The minimum Gasteiger partial charge on any atom is -0.497 e. The van der Waals surface area contributed by atoms with E-state index in [1.165, 1.54) is 13.2 Å². The lowest BCUT2D eigenvalue weighted by molar-refractivity contribution is 0.0734. The van der Waals surface area contributed by atoms with E-state index in [0.29, 0.717) is 33.9 Å². The first-order valence-electron chi connectivity index (χ1n) is 10.6. The summed E-state index contributed by atoms with van der Waals surface area (Å²) in [5, 5.41) is 0. The van der Waals surface area contributed by atoms with Gasteiger partial charge in [-0.2, -0.15) is 0 Å².